The summed E-state index contributed by atoms with van der Waals surface area (Å²) in [6.45, 7) is 0. The SMILES string of the molecule is O=c1oc2c3ccccc3ccc2c2ccccc12. The van der Waals surface area contributed by atoms with Crippen LogP contribution < -0.4 is 5.63 Å². The third kappa shape index (κ3) is 1.40. The van der Waals surface area contributed by atoms with Crippen LogP contribution >= 0.6 is 0 Å². The second kappa shape index (κ2) is 3.69. The van der Waals surface area contributed by atoms with Crippen molar-refractivity contribution in [2.75, 3.05) is 0 Å². The number of hydrogen-bond donors (Lipinski definition) is 0. The standard InChI is InChI=1S/C17H10O2/c18-17-15-8-4-3-7-13(15)14-10-9-11-5-1-2-6-12(11)16(14)19-17/h1-10H. The third-order valence-electron chi connectivity index (χ3n) is 3.51. The molecular formula is C17H10O2. The quantitative estimate of drug-likeness (QED) is 0.345. The lowest BCUT2D eigenvalue weighted by Gasteiger charge is -2.05. The molecule has 0 spiro atoms. The smallest absolute Gasteiger partial charge is 0.344 e. The van der Waals surface area contributed by atoms with Crippen LogP contribution in [0.3, 0.4) is 0 Å². The van der Waals surface area contributed by atoms with Crippen molar-refractivity contribution < 1.29 is 4.42 Å². The third-order valence-corrected chi connectivity index (χ3v) is 3.51. The van der Waals surface area contributed by atoms with Crippen LogP contribution in [0, 0.1) is 0 Å². The lowest BCUT2D eigenvalue weighted by molar-refractivity contribution is 0.573. The van der Waals surface area contributed by atoms with Gasteiger partial charge in [0.2, 0.25) is 0 Å². The van der Waals surface area contributed by atoms with Gasteiger partial charge in [0.1, 0.15) is 5.58 Å². The van der Waals surface area contributed by atoms with Crippen molar-refractivity contribution in [1.29, 1.82) is 0 Å². The van der Waals surface area contributed by atoms with E-state index in [2.05, 4.69) is 6.07 Å². The van der Waals surface area contributed by atoms with Gasteiger partial charge in [0, 0.05) is 10.8 Å². The average molecular weight is 246 g/mol. The Morgan fingerprint density at radius 3 is 2.16 bits per heavy atom. The summed E-state index contributed by atoms with van der Waals surface area (Å²) in [6, 6.07) is 19.6. The molecule has 2 heteroatoms. The highest BCUT2D eigenvalue weighted by Crippen LogP contribution is 2.28. The fourth-order valence-corrected chi connectivity index (χ4v) is 2.61. The van der Waals surface area contributed by atoms with E-state index in [0.29, 0.717) is 11.0 Å². The van der Waals surface area contributed by atoms with Gasteiger partial charge in [0.15, 0.2) is 0 Å². The zero-order valence-electron chi connectivity index (χ0n) is 10.1. The summed E-state index contributed by atoms with van der Waals surface area (Å²) in [5.74, 6) is 0. The van der Waals surface area contributed by atoms with Gasteiger partial charge in [-0.2, -0.15) is 0 Å². The Labute approximate surface area is 108 Å². The summed E-state index contributed by atoms with van der Waals surface area (Å²) in [5, 5.41) is 4.61. The van der Waals surface area contributed by atoms with Gasteiger partial charge in [-0.1, -0.05) is 48.5 Å². The molecule has 4 rings (SSSR count). The second-order valence-electron chi connectivity index (χ2n) is 4.60. The maximum atomic E-state index is 12.1. The van der Waals surface area contributed by atoms with Crippen molar-refractivity contribution in [2.24, 2.45) is 0 Å². The molecule has 0 atom stereocenters. The molecule has 0 aliphatic heterocycles. The van der Waals surface area contributed by atoms with Crippen molar-refractivity contribution in [3.63, 3.8) is 0 Å². The molecule has 0 aliphatic carbocycles. The minimum atomic E-state index is -0.278. The maximum absolute atomic E-state index is 12.1. The largest absolute Gasteiger partial charge is 0.422 e. The van der Waals surface area contributed by atoms with Gasteiger partial charge in [0.05, 0.1) is 5.39 Å². The Morgan fingerprint density at radius 2 is 1.32 bits per heavy atom. The minimum absolute atomic E-state index is 0.278. The molecule has 4 aromatic rings. The summed E-state index contributed by atoms with van der Waals surface area (Å²) in [7, 11) is 0. The van der Waals surface area contributed by atoms with E-state index < -0.39 is 0 Å². The van der Waals surface area contributed by atoms with Crippen LogP contribution in [-0.2, 0) is 0 Å². The highest BCUT2D eigenvalue weighted by Gasteiger charge is 2.09. The summed E-state index contributed by atoms with van der Waals surface area (Å²) in [6.07, 6.45) is 0. The van der Waals surface area contributed by atoms with Gasteiger partial charge in [-0.05, 0) is 22.9 Å². The van der Waals surface area contributed by atoms with Gasteiger partial charge in [-0.25, -0.2) is 4.79 Å². The summed E-state index contributed by atoms with van der Waals surface area (Å²) < 4.78 is 5.53. The van der Waals surface area contributed by atoms with Crippen LogP contribution in [0.5, 0.6) is 0 Å². The monoisotopic (exact) mass is 246 g/mol. The highest BCUT2D eigenvalue weighted by atomic mass is 16.4. The van der Waals surface area contributed by atoms with Crippen LogP contribution in [0.2, 0.25) is 0 Å². The average Bonchev–Trinajstić information content (AvgIpc) is 2.47. The molecule has 0 aliphatic rings. The van der Waals surface area contributed by atoms with Crippen molar-refractivity contribution in [3.05, 3.63) is 71.1 Å². The molecular weight excluding hydrogens is 236 g/mol. The number of rotatable bonds is 0. The summed E-state index contributed by atoms with van der Waals surface area (Å²) in [4.78, 5) is 12.1. The number of hydrogen-bond acceptors (Lipinski definition) is 2. The molecule has 0 unspecified atom stereocenters. The Hall–Kier alpha value is -2.61. The van der Waals surface area contributed by atoms with Gasteiger partial charge in [0.25, 0.3) is 0 Å². The molecule has 0 fully saturated rings. The van der Waals surface area contributed by atoms with Crippen molar-refractivity contribution >= 4 is 32.5 Å². The van der Waals surface area contributed by atoms with Crippen LogP contribution in [0.25, 0.3) is 32.5 Å². The zero-order valence-corrected chi connectivity index (χ0v) is 10.1. The van der Waals surface area contributed by atoms with Crippen LogP contribution in [0.4, 0.5) is 0 Å². The molecule has 0 bridgehead atoms. The minimum Gasteiger partial charge on any atom is -0.422 e. The first-order valence-electron chi connectivity index (χ1n) is 6.18. The summed E-state index contributed by atoms with van der Waals surface area (Å²) in [5.41, 5.74) is 0.390. The Kier molecular flexibility index (Phi) is 2.00. The van der Waals surface area contributed by atoms with E-state index in [1.807, 2.05) is 48.5 Å². The predicted octanol–water partition coefficient (Wildman–Crippen LogP) is 4.10. The Morgan fingerprint density at radius 1 is 0.632 bits per heavy atom. The molecule has 0 radical (unpaired) electrons. The number of fused-ring (bicyclic) bond motifs is 5. The van der Waals surface area contributed by atoms with E-state index in [9.17, 15) is 4.79 Å². The molecule has 0 saturated heterocycles. The van der Waals surface area contributed by atoms with Crippen LogP contribution in [0.1, 0.15) is 0 Å². The van der Waals surface area contributed by atoms with Gasteiger partial charge >= 0.3 is 5.63 Å². The first-order chi connectivity index (χ1) is 9.34. The first-order valence-corrected chi connectivity index (χ1v) is 6.18. The Bertz CT molecular complexity index is 980. The molecule has 19 heavy (non-hydrogen) atoms. The van der Waals surface area contributed by atoms with E-state index in [1.54, 1.807) is 6.07 Å². The summed E-state index contributed by atoms with van der Waals surface area (Å²) >= 11 is 0. The Balaban J connectivity index is 2.37. The molecule has 2 nitrogen and oxygen atoms in total. The van der Waals surface area contributed by atoms with Crippen molar-refractivity contribution in [1.82, 2.24) is 0 Å². The molecule has 0 N–H and O–H groups in total. The topological polar surface area (TPSA) is 30.2 Å². The molecule has 1 aromatic heterocycles. The maximum Gasteiger partial charge on any atom is 0.344 e. The van der Waals surface area contributed by atoms with Crippen LogP contribution in [0.15, 0.2) is 69.9 Å². The van der Waals surface area contributed by atoms with Crippen molar-refractivity contribution in [2.45, 2.75) is 0 Å². The normalized spacial score (nSPS) is 11.4. The molecule has 0 amide bonds. The predicted molar refractivity (Wildman–Crippen MR) is 77.5 cm³/mol. The number of benzene rings is 3. The van der Waals surface area contributed by atoms with E-state index in [1.165, 1.54) is 0 Å². The first kappa shape index (κ1) is 10.3. The van der Waals surface area contributed by atoms with E-state index in [0.717, 1.165) is 21.5 Å². The van der Waals surface area contributed by atoms with Gasteiger partial charge < -0.3 is 4.42 Å². The van der Waals surface area contributed by atoms with Gasteiger partial charge in [-0.3, -0.25) is 0 Å². The fourth-order valence-electron chi connectivity index (χ4n) is 2.61. The van der Waals surface area contributed by atoms with Crippen molar-refractivity contribution in [3.8, 4) is 0 Å². The zero-order chi connectivity index (χ0) is 12.8. The molecule has 1 heterocycles. The molecule has 0 saturated carbocycles. The van der Waals surface area contributed by atoms with E-state index in [4.69, 9.17) is 4.42 Å². The van der Waals surface area contributed by atoms with E-state index >= 15 is 0 Å². The fraction of sp³-hybridized carbons (Fsp3) is 0. The molecule has 90 valence electrons. The second-order valence-corrected chi connectivity index (χ2v) is 4.60. The lowest BCUT2D eigenvalue weighted by Crippen LogP contribution is -1.99. The highest BCUT2D eigenvalue weighted by molar-refractivity contribution is 6.13. The van der Waals surface area contributed by atoms with Gasteiger partial charge in [-0.15, -0.1) is 0 Å². The van der Waals surface area contributed by atoms with Crippen LogP contribution in [-0.4, -0.2) is 0 Å². The van der Waals surface area contributed by atoms with E-state index in [-0.39, 0.29) is 5.63 Å². The molecule has 3 aromatic carbocycles. The lowest BCUT2D eigenvalue weighted by atomic mass is 10.0.